The minimum atomic E-state index is -0.608. The highest BCUT2D eigenvalue weighted by Gasteiger charge is 2.50. The first-order chi connectivity index (χ1) is 23.5. The molecular formula is C44H56S4. The Morgan fingerprint density at radius 1 is 0.542 bits per heavy atom. The summed E-state index contributed by atoms with van der Waals surface area (Å²) in [7, 11) is 0. The molecule has 0 saturated carbocycles. The van der Waals surface area contributed by atoms with Gasteiger partial charge < -0.3 is 0 Å². The van der Waals surface area contributed by atoms with Crippen LogP contribution in [0.1, 0.15) is 124 Å². The average molecular weight is 713 g/mol. The van der Waals surface area contributed by atoms with Crippen molar-refractivity contribution in [2.75, 3.05) is 0 Å². The zero-order valence-corrected chi connectivity index (χ0v) is 32.2. The molecule has 3 unspecified atom stereocenters. The Morgan fingerprint density at radius 3 is 1.62 bits per heavy atom. The summed E-state index contributed by atoms with van der Waals surface area (Å²) in [5, 5.41) is 1.33. The lowest BCUT2D eigenvalue weighted by atomic mass is 9.59. The molecule has 0 nitrogen and oxygen atoms in total. The molecule has 48 heavy (non-hydrogen) atoms. The Hall–Kier alpha value is -1.72. The Kier molecular flexibility index (Phi) is 17.5. The van der Waals surface area contributed by atoms with Crippen molar-refractivity contribution in [3.63, 3.8) is 0 Å². The van der Waals surface area contributed by atoms with Crippen LogP contribution in [0.5, 0.6) is 0 Å². The molecule has 0 amide bonds. The maximum Gasteiger partial charge on any atom is 0.0729 e. The minimum Gasteiger partial charge on any atom is -0.176 e. The highest BCUT2D eigenvalue weighted by molar-refractivity contribution is 7.84. The first kappa shape index (κ1) is 39.1. The maximum atomic E-state index is 5.52. The van der Waals surface area contributed by atoms with Crippen LogP contribution in [0.25, 0.3) is 0 Å². The molecule has 0 N–H and O–H groups in total. The number of benzene rings is 4. The van der Waals surface area contributed by atoms with Crippen molar-refractivity contribution in [1.29, 1.82) is 0 Å². The summed E-state index contributed by atoms with van der Waals surface area (Å²) in [4.78, 5) is 1.88. The van der Waals surface area contributed by atoms with Crippen molar-refractivity contribution in [3.05, 3.63) is 144 Å². The van der Waals surface area contributed by atoms with E-state index in [1.54, 1.807) is 0 Å². The molecule has 2 radical (unpaired) electrons. The lowest BCUT2D eigenvalue weighted by Gasteiger charge is -2.47. The van der Waals surface area contributed by atoms with Gasteiger partial charge in [-0.15, -0.1) is 25.3 Å². The molecule has 4 aromatic rings. The molecule has 256 valence electrons. The van der Waals surface area contributed by atoms with E-state index in [-0.39, 0.29) is 5.92 Å². The van der Waals surface area contributed by atoms with Gasteiger partial charge in [-0.3, -0.25) is 0 Å². The molecule has 3 atom stereocenters. The molecule has 4 aromatic carbocycles. The molecular weight excluding hydrogens is 657 g/mol. The van der Waals surface area contributed by atoms with Crippen LogP contribution < -0.4 is 0 Å². The second-order valence-electron chi connectivity index (χ2n) is 13.3. The topological polar surface area (TPSA) is 0 Å². The fourth-order valence-electron chi connectivity index (χ4n) is 7.34. The third kappa shape index (κ3) is 10.9. The van der Waals surface area contributed by atoms with E-state index in [2.05, 4.69) is 110 Å². The fraction of sp³-hybridized carbons (Fsp3) is 0.409. The Labute approximate surface area is 315 Å². The van der Waals surface area contributed by atoms with Gasteiger partial charge in [-0.2, -0.15) is 25.3 Å². The zero-order valence-electron chi connectivity index (χ0n) is 28.6. The van der Waals surface area contributed by atoms with Crippen LogP contribution >= 0.6 is 50.5 Å². The highest BCUT2D eigenvalue weighted by Crippen LogP contribution is 2.58. The van der Waals surface area contributed by atoms with E-state index in [1.807, 2.05) is 6.07 Å². The van der Waals surface area contributed by atoms with Gasteiger partial charge in [0.05, 0.1) is 5.25 Å². The molecule has 0 spiro atoms. The number of rotatable bonds is 22. The van der Waals surface area contributed by atoms with Crippen molar-refractivity contribution < 1.29 is 0 Å². The summed E-state index contributed by atoms with van der Waals surface area (Å²) in [5.41, 5.74) is 4.09. The van der Waals surface area contributed by atoms with Crippen molar-refractivity contribution in [2.24, 2.45) is 0 Å². The third-order valence-corrected chi connectivity index (χ3v) is 11.8. The predicted molar refractivity (Wildman–Crippen MR) is 223 cm³/mol. The summed E-state index contributed by atoms with van der Waals surface area (Å²) in [6.07, 6.45) is 19.0. The summed E-state index contributed by atoms with van der Waals surface area (Å²) >= 11 is 20.8. The smallest absolute Gasteiger partial charge is 0.0729 e. The standard InChI is InChI=1S/C44H56S4/c1-2-3-4-5-6-7-8-9-10-11-12-19-28-37(45)33-34-39(35-24-15-13-16-25-35)44(36-26-17-14-18-27-36,40-30-21-23-32-42(40)47)43(48)38-29-20-22-31-41(38)46/h13-18,20-27,29-32,37,39,45-48H,1-12,19,28,33-34H2. The van der Waals surface area contributed by atoms with Crippen molar-refractivity contribution in [2.45, 2.75) is 123 Å². The molecule has 0 fully saturated rings. The maximum absolute atomic E-state index is 5.52. The van der Waals surface area contributed by atoms with Crippen LogP contribution in [0.4, 0.5) is 0 Å². The highest BCUT2D eigenvalue weighted by atomic mass is 32.1. The number of hydrogen-bond donors (Lipinski definition) is 4. The van der Waals surface area contributed by atoms with Crippen LogP contribution in [0.3, 0.4) is 0 Å². The van der Waals surface area contributed by atoms with E-state index in [1.165, 1.54) is 81.8 Å². The number of thiol groups is 4. The number of hydrogen-bond acceptors (Lipinski definition) is 4. The second-order valence-corrected chi connectivity index (χ2v) is 15.4. The Balaban J connectivity index is 1.55. The van der Waals surface area contributed by atoms with E-state index in [4.69, 9.17) is 50.5 Å². The first-order valence-corrected chi connectivity index (χ1v) is 20.1. The van der Waals surface area contributed by atoms with Gasteiger partial charge in [-0.05, 0) is 59.6 Å². The molecule has 0 aliphatic rings. The van der Waals surface area contributed by atoms with Gasteiger partial charge >= 0.3 is 0 Å². The monoisotopic (exact) mass is 712 g/mol. The van der Waals surface area contributed by atoms with Crippen LogP contribution in [0.15, 0.2) is 119 Å². The van der Waals surface area contributed by atoms with Crippen molar-refractivity contribution in [1.82, 2.24) is 0 Å². The first-order valence-electron chi connectivity index (χ1n) is 18.2. The quantitative estimate of drug-likeness (QED) is 0.0452. The average Bonchev–Trinajstić information content (AvgIpc) is 3.12. The van der Waals surface area contributed by atoms with Gasteiger partial charge in [-0.1, -0.05) is 181 Å². The van der Waals surface area contributed by atoms with Gasteiger partial charge in [-0.25, -0.2) is 0 Å². The van der Waals surface area contributed by atoms with Crippen LogP contribution in [0, 0.1) is 12.2 Å². The molecule has 0 heterocycles. The van der Waals surface area contributed by atoms with E-state index in [0.29, 0.717) is 5.25 Å². The summed E-state index contributed by atoms with van der Waals surface area (Å²) in [5.74, 6) is 0.0862. The lowest BCUT2D eigenvalue weighted by Crippen LogP contribution is -2.41. The van der Waals surface area contributed by atoms with Crippen molar-refractivity contribution >= 4 is 50.5 Å². The molecule has 0 aromatic heterocycles. The van der Waals surface area contributed by atoms with Crippen LogP contribution in [0.2, 0.25) is 0 Å². The predicted octanol–water partition coefficient (Wildman–Crippen LogP) is 13.8. The molecule has 0 bridgehead atoms. The van der Waals surface area contributed by atoms with Crippen LogP contribution in [-0.4, -0.2) is 5.25 Å². The SMILES string of the molecule is [CH2]CCCCCCCCCCCCCC(S)CCC(c1ccccc1)C([C](S)c1ccccc1S)(c1ccccc1)c1ccccc1S. The minimum absolute atomic E-state index is 0.0862. The summed E-state index contributed by atoms with van der Waals surface area (Å²) in [6, 6.07) is 38.8. The van der Waals surface area contributed by atoms with Gasteiger partial charge in [0.2, 0.25) is 0 Å². The molecule has 4 heteroatoms. The molecule has 0 saturated heterocycles. The summed E-state index contributed by atoms with van der Waals surface area (Å²) < 4.78 is 0. The Bertz CT molecular complexity index is 1440. The molecule has 0 aliphatic heterocycles. The summed E-state index contributed by atoms with van der Waals surface area (Å²) in [6.45, 7) is 3.95. The van der Waals surface area contributed by atoms with E-state index in [9.17, 15) is 0 Å². The Morgan fingerprint density at radius 2 is 1.04 bits per heavy atom. The van der Waals surface area contributed by atoms with E-state index in [0.717, 1.165) is 51.9 Å². The normalized spacial score (nSPS) is 14.1. The third-order valence-electron chi connectivity index (χ3n) is 9.89. The van der Waals surface area contributed by atoms with Gasteiger partial charge in [0, 0.05) is 20.5 Å². The largest absolute Gasteiger partial charge is 0.176 e. The van der Waals surface area contributed by atoms with E-state index >= 15 is 0 Å². The second kappa shape index (κ2) is 21.5. The fourth-order valence-corrected chi connectivity index (χ4v) is 8.97. The lowest BCUT2D eigenvalue weighted by molar-refractivity contribution is 0.412. The molecule has 4 rings (SSSR count). The van der Waals surface area contributed by atoms with Crippen LogP contribution in [-0.2, 0) is 5.41 Å². The number of unbranched alkanes of at least 4 members (excludes halogenated alkanes) is 11. The van der Waals surface area contributed by atoms with Gasteiger partial charge in [0.25, 0.3) is 0 Å². The van der Waals surface area contributed by atoms with Gasteiger partial charge in [0.15, 0.2) is 0 Å². The van der Waals surface area contributed by atoms with Gasteiger partial charge in [0.1, 0.15) is 0 Å². The van der Waals surface area contributed by atoms with E-state index < -0.39 is 5.41 Å². The zero-order chi connectivity index (χ0) is 34.0. The van der Waals surface area contributed by atoms with Crippen molar-refractivity contribution in [3.8, 4) is 0 Å². The molecule has 0 aliphatic carbocycles.